The Balaban J connectivity index is 2.26. The zero-order valence-electron chi connectivity index (χ0n) is 4.43. The maximum atomic E-state index is 10.3. The van der Waals surface area contributed by atoms with Gasteiger partial charge in [0.25, 0.3) is 0 Å². The van der Waals surface area contributed by atoms with Gasteiger partial charge in [0.2, 0.25) is 5.91 Å². The minimum atomic E-state index is -0.198. The Labute approximate surface area is 53.0 Å². The van der Waals surface area contributed by atoms with Crippen LogP contribution in [0.5, 0.6) is 0 Å². The SMILES string of the molecule is NC(=O)C1CC1CCl. The lowest BCUT2D eigenvalue weighted by molar-refractivity contribution is -0.119. The van der Waals surface area contributed by atoms with Gasteiger partial charge in [-0.1, -0.05) is 0 Å². The van der Waals surface area contributed by atoms with Crippen molar-refractivity contribution >= 4 is 17.5 Å². The fraction of sp³-hybridized carbons (Fsp3) is 0.800. The highest BCUT2D eigenvalue weighted by Gasteiger charge is 2.40. The number of amides is 1. The molecule has 0 bridgehead atoms. The third-order valence-corrected chi connectivity index (χ3v) is 1.88. The maximum Gasteiger partial charge on any atom is 0.220 e. The van der Waals surface area contributed by atoms with Gasteiger partial charge in [0, 0.05) is 11.8 Å². The number of carbonyl (C=O) groups excluding carboxylic acids is 1. The van der Waals surface area contributed by atoms with Crippen molar-refractivity contribution < 1.29 is 4.79 Å². The van der Waals surface area contributed by atoms with Gasteiger partial charge in [-0.05, 0) is 12.3 Å². The molecule has 0 heterocycles. The summed E-state index contributed by atoms with van der Waals surface area (Å²) in [4.78, 5) is 10.3. The molecule has 0 radical (unpaired) electrons. The number of rotatable bonds is 2. The Kier molecular flexibility index (Phi) is 1.43. The van der Waals surface area contributed by atoms with Gasteiger partial charge in [0.05, 0.1) is 0 Å². The summed E-state index contributed by atoms with van der Waals surface area (Å²) in [6.45, 7) is 0. The summed E-state index contributed by atoms with van der Waals surface area (Å²) < 4.78 is 0. The Hall–Kier alpha value is -0.240. The van der Waals surface area contributed by atoms with Crippen molar-refractivity contribution in [1.82, 2.24) is 0 Å². The van der Waals surface area contributed by atoms with Gasteiger partial charge in [-0.3, -0.25) is 4.79 Å². The van der Waals surface area contributed by atoms with Crippen molar-refractivity contribution in [3.63, 3.8) is 0 Å². The van der Waals surface area contributed by atoms with Crippen molar-refractivity contribution in [3.8, 4) is 0 Å². The molecular formula is C5H8ClNO. The van der Waals surface area contributed by atoms with Gasteiger partial charge in [-0.15, -0.1) is 11.6 Å². The number of hydrogen-bond acceptors (Lipinski definition) is 1. The zero-order chi connectivity index (χ0) is 6.15. The quantitative estimate of drug-likeness (QED) is 0.543. The van der Waals surface area contributed by atoms with Gasteiger partial charge in [0.15, 0.2) is 0 Å². The fourth-order valence-corrected chi connectivity index (χ4v) is 1.11. The number of halogens is 1. The molecule has 0 aliphatic heterocycles. The van der Waals surface area contributed by atoms with Crippen LogP contribution in [-0.4, -0.2) is 11.8 Å². The smallest absolute Gasteiger partial charge is 0.220 e. The van der Waals surface area contributed by atoms with Gasteiger partial charge >= 0.3 is 0 Å². The van der Waals surface area contributed by atoms with E-state index < -0.39 is 0 Å². The molecule has 1 amide bonds. The van der Waals surface area contributed by atoms with Crippen LogP contribution in [-0.2, 0) is 4.79 Å². The number of primary amides is 1. The summed E-state index contributed by atoms with van der Waals surface area (Å²) in [6.07, 6.45) is 0.902. The zero-order valence-corrected chi connectivity index (χ0v) is 5.19. The first-order valence-corrected chi connectivity index (χ1v) is 3.14. The molecule has 1 rings (SSSR count). The van der Waals surface area contributed by atoms with E-state index in [4.69, 9.17) is 17.3 Å². The molecule has 3 heteroatoms. The van der Waals surface area contributed by atoms with Crippen molar-refractivity contribution in [3.05, 3.63) is 0 Å². The molecule has 0 saturated heterocycles. The number of alkyl halides is 1. The fourth-order valence-electron chi connectivity index (χ4n) is 0.767. The Morgan fingerprint density at radius 3 is 2.62 bits per heavy atom. The van der Waals surface area contributed by atoms with Crippen molar-refractivity contribution in [2.24, 2.45) is 17.6 Å². The third kappa shape index (κ3) is 0.944. The first-order valence-electron chi connectivity index (χ1n) is 2.61. The predicted octanol–water partition coefficient (Wildman–Crippen LogP) is 0.347. The standard InChI is InChI=1S/C5H8ClNO/c6-2-3-1-4(3)5(7)8/h3-4H,1-2H2,(H2,7,8). The topological polar surface area (TPSA) is 43.1 Å². The number of carbonyl (C=O) groups is 1. The van der Waals surface area contributed by atoms with Crippen LogP contribution in [0.3, 0.4) is 0 Å². The second-order valence-electron chi connectivity index (χ2n) is 2.16. The molecule has 2 N–H and O–H groups in total. The van der Waals surface area contributed by atoms with Crippen molar-refractivity contribution in [2.45, 2.75) is 6.42 Å². The van der Waals surface area contributed by atoms with E-state index in [0.717, 1.165) is 6.42 Å². The lowest BCUT2D eigenvalue weighted by atomic mass is 10.3. The molecule has 1 aliphatic carbocycles. The molecule has 0 aromatic rings. The van der Waals surface area contributed by atoms with Gasteiger partial charge in [-0.2, -0.15) is 0 Å². The van der Waals surface area contributed by atoms with Gasteiger partial charge in [-0.25, -0.2) is 0 Å². The highest BCUT2D eigenvalue weighted by Crippen LogP contribution is 2.38. The Bertz CT molecular complexity index is 115. The second-order valence-corrected chi connectivity index (χ2v) is 2.47. The molecule has 46 valence electrons. The lowest BCUT2D eigenvalue weighted by Gasteiger charge is -1.84. The molecule has 1 aliphatic rings. The minimum Gasteiger partial charge on any atom is -0.369 e. The van der Waals surface area contributed by atoms with E-state index in [1.165, 1.54) is 0 Å². The molecule has 0 spiro atoms. The van der Waals surface area contributed by atoms with Crippen LogP contribution in [0, 0.1) is 11.8 Å². The monoisotopic (exact) mass is 133 g/mol. The van der Waals surface area contributed by atoms with Gasteiger partial charge < -0.3 is 5.73 Å². The number of nitrogens with two attached hydrogens (primary N) is 1. The third-order valence-electron chi connectivity index (χ3n) is 1.49. The summed E-state index contributed by atoms with van der Waals surface area (Å²) in [7, 11) is 0. The van der Waals surface area contributed by atoms with Crippen molar-refractivity contribution in [1.29, 1.82) is 0 Å². The molecule has 1 saturated carbocycles. The average molecular weight is 134 g/mol. The predicted molar refractivity (Wildman–Crippen MR) is 31.5 cm³/mol. The van der Waals surface area contributed by atoms with Crippen LogP contribution in [0.15, 0.2) is 0 Å². The van der Waals surface area contributed by atoms with E-state index in [1.807, 2.05) is 0 Å². The molecule has 0 aromatic heterocycles. The van der Waals surface area contributed by atoms with E-state index >= 15 is 0 Å². The molecule has 1 fully saturated rings. The van der Waals surface area contributed by atoms with E-state index in [0.29, 0.717) is 11.8 Å². The highest BCUT2D eigenvalue weighted by molar-refractivity contribution is 6.18. The summed E-state index contributed by atoms with van der Waals surface area (Å²) >= 11 is 5.43. The first kappa shape index (κ1) is 5.89. The minimum absolute atomic E-state index is 0.0903. The summed E-state index contributed by atoms with van der Waals surface area (Å²) in [5, 5.41) is 0. The van der Waals surface area contributed by atoms with E-state index in [9.17, 15) is 4.79 Å². The van der Waals surface area contributed by atoms with Crippen LogP contribution < -0.4 is 5.73 Å². The molecule has 2 unspecified atom stereocenters. The van der Waals surface area contributed by atoms with E-state index in [2.05, 4.69) is 0 Å². The maximum absolute atomic E-state index is 10.3. The van der Waals surface area contributed by atoms with Crippen LogP contribution in [0.2, 0.25) is 0 Å². The van der Waals surface area contributed by atoms with Crippen LogP contribution in [0.1, 0.15) is 6.42 Å². The summed E-state index contributed by atoms with van der Waals surface area (Å²) in [5.74, 6) is 0.852. The van der Waals surface area contributed by atoms with Gasteiger partial charge in [0.1, 0.15) is 0 Å². The van der Waals surface area contributed by atoms with E-state index in [-0.39, 0.29) is 11.8 Å². The molecule has 0 aromatic carbocycles. The second kappa shape index (κ2) is 1.94. The molecule has 8 heavy (non-hydrogen) atoms. The highest BCUT2D eigenvalue weighted by atomic mass is 35.5. The largest absolute Gasteiger partial charge is 0.369 e. The molecule has 2 nitrogen and oxygen atoms in total. The Morgan fingerprint density at radius 1 is 1.88 bits per heavy atom. The summed E-state index contributed by atoms with van der Waals surface area (Å²) in [5.41, 5.74) is 4.97. The molecular weight excluding hydrogens is 126 g/mol. The van der Waals surface area contributed by atoms with Crippen molar-refractivity contribution in [2.75, 3.05) is 5.88 Å². The first-order chi connectivity index (χ1) is 3.75. The lowest BCUT2D eigenvalue weighted by Crippen LogP contribution is -2.14. The van der Waals surface area contributed by atoms with Crippen LogP contribution in [0.25, 0.3) is 0 Å². The normalized spacial score (nSPS) is 34.6. The Morgan fingerprint density at radius 2 is 2.50 bits per heavy atom. The van der Waals surface area contributed by atoms with E-state index in [1.54, 1.807) is 0 Å². The number of hydrogen-bond donors (Lipinski definition) is 1. The van der Waals surface area contributed by atoms with Crippen LogP contribution in [0.4, 0.5) is 0 Å². The summed E-state index contributed by atoms with van der Waals surface area (Å²) in [6, 6.07) is 0. The van der Waals surface area contributed by atoms with Crippen LogP contribution >= 0.6 is 11.6 Å². The molecule has 2 atom stereocenters. The average Bonchev–Trinajstić information content (AvgIpc) is 2.42.